The minimum Gasteiger partial charge on any atom is -0.507 e. The second kappa shape index (κ2) is 5.37. The van der Waals surface area contributed by atoms with Gasteiger partial charge in [-0.2, -0.15) is 0 Å². The van der Waals surface area contributed by atoms with E-state index >= 15 is 0 Å². The first-order valence-corrected chi connectivity index (χ1v) is 6.55. The lowest BCUT2D eigenvalue weighted by Gasteiger charge is -2.16. The van der Waals surface area contributed by atoms with Gasteiger partial charge >= 0.3 is 0 Å². The molecule has 3 N–H and O–H groups in total. The first-order chi connectivity index (χ1) is 8.58. The molecule has 4 nitrogen and oxygen atoms in total. The molecule has 0 aliphatic heterocycles. The Kier molecular flexibility index (Phi) is 3.84. The Morgan fingerprint density at radius 1 is 1.33 bits per heavy atom. The number of rotatable bonds is 4. The van der Waals surface area contributed by atoms with E-state index in [-0.39, 0.29) is 17.5 Å². The number of aromatic hydroxyl groups is 2. The smallest absolute Gasteiger partial charge is 0.124 e. The second-order valence-electron chi connectivity index (χ2n) is 4.16. The van der Waals surface area contributed by atoms with E-state index < -0.39 is 0 Å². The van der Waals surface area contributed by atoms with Crippen LogP contribution in [-0.2, 0) is 6.54 Å². The molecule has 96 valence electrons. The minimum atomic E-state index is -0.131. The average molecular weight is 264 g/mol. The molecule has 0 radical (unpaired) electrons. The lowest BCUT2D eigenvalue weighted by atomic mass is 10.1. The molecule has 1 atom stereocenters. The van der Waals surface area contributed by atoms with Gasteiger partial charge in [0.25, 0.3) is 0 Å². The van der Waals surface area contributed by atoms with Crippen molar-refractivity contribution in [2.75, 3.05) is 0 Å². The molecule has 0 aliphatic carbocycles. The molecular formula is C13H16N2O2S. The third-order valence-corrected chi connectivity index (χ3v) is 3.66. The number of aromatic nitrogens is 1. The van der Waals surface area contributed by atoms with Gasteiger partial charge in [0.2, 0.25) is 0 Å². The summed E-state index contributed by atoms with van der Waals surface area (Å²) in [6.07, 6.45) is 1.84. The van der Waals surface area contributed by atoms with Gasteiger partial charge in [0, 0.05) is 23.7 Å². The van der Waals surface area contributed by atoms with Crippen LogP contribution in [0.2, 0.25) is 0 Å². The summed E-state index contributed by atoms with van der Waals surface area (Å²) in [5, 5.41) is 23.8. The molecule has 2 aromatic rings. The van der Waals surface area contributed by atoms with Crippen molar-refractivity contribution in [1.29, 1.82) is 0 Å². The molecule has 0 bridgehead atoms. The van der Waals surface area contributed by atoms with Gasteiger partial charge in [-0.15, -0.1) is 11.3 Å². The largest absolute Gasteiger partial charge is 0.507 e. The number of benzene rings is 1. The Balaban J connectivity index is 2.06. The molecule has 0 amide bonds. The molecule has 2 rings (SSSR count). The van der Waals surface area contributed by atoms with Crippen molar-refractivity contribution in [3.63, 3.8) is 0 Å². The number of phenols is 2. The van der Waals surface area contributed by atoms with E-state index in [1.807, 2.05) is 20.0 Å². The number of phenolic OH excluding ortho intramolecular Hbond substituents is 2. The van der Waals surface area contributed by atoms with Crippen LogP contribution in [0, 0.1) is 6.92 Å². The molecule has 0 spiro atoms. The van der Waals surface area contributed by atoms with E-state index in [9.17, 15) is 10.2 Å². The van der Waals surface area contributed by atoms with Gasteiger partial charge in [-0.05, 0) is 26.0 Å². The standard InChI is InChI=1S/C13H16N2O2S/c1-8(13-11(16)4-3-5-12(13)17)14-6-10-7-15-9(2)18-10/h3-5,7-8,14,16-17H,6H2,1-2H3. The summed E-state index contributed by atoms with van der Waals surface area (Å²) in [7, 11) is 0. The Morgan fingerprint density at radius 2 is 2.00 bits per heavy atom. The van der Waals surface area contributed by atoms with Gasteiger partial charge in [-0.25, -0.2) is 4.98 Å². The van der Waals surface area contributed by atoms with Crippen LogP contribution in [0.5, 0.6) is 11.5 Å². The van der Waals surface area contributed by atoms with Crippen LogP contribution in [0.4, 0.5) is 0 Å². The van der Waals surface area contributed by atoms with Crippen molar-refractivity contribution in [2.24, 2.45) is 0 Å². The maximum atomic E-state index is 9.75. The summed E-state index contributed by atoms with van der Waals surface area (Å²) in [5.74, 6) is 0.214. The number of nitrogens with one attached hydrogen (secondary N) is 1. The SMILES string of the molecule is Cc1ncc(CNC(C)c2c(O)cccc2O)s1. The van der Waals surface area contributed by atoms with Crippen molar-refractivity contribution in [3.05, 3.63) is 39.8 Å². The van der Waals surface area contributed by atoms with Crippen molar-refractivity contribution in [1.82, 2.24) is 10.3 Å². The topological polar surface area (TPSA) is 65.4 Å². The quantitative estimate of drug-likeness (QED) is 0.794. The van der Waals surface area contributed by atoms with Crippen LogP contribution in [0.1, 0.15) is 28.4 Å². The van der Waals surface area contributed by atoms with Gasteiger partial charge < -0.3 is 15.5 Å². The zero-order valence-corrected chi connectivity index (χ0v) is 11.2. The van der Waals surface area contributed by atoms with E-state index in [1.54, 1.807) is 29.5 Å². The lowest BCUT2D eigenvalue weighted by molar-refractivity contribution is 0.418. The van der Waals surface area contributed by atoms with Gasteiger partial charge in [-0.1, -0.05) is 6.07 Å². The van der Waals surface area contributed by atoms with Crippen LogP contribution >= 0.6 is 11.3 Å². The summed E-state index contributed by atoms with van der Waals surface area (Å²) < 4.78 is 0. The fourth-order valence-electron chi connectivity index (χ4n) is 1.83. The molecule has 0 saturated carbocycles. The van der Waals surface area contributed by atoms with Crippen LogP contribution < -0.4 is 5.32 Å². The van der Waals surface area contributed by atoms with E-state index in [0.29, 0.717) is 12.1 Å². The number of nitrogens with zero attached hydrogens (tertiary/aromatic N) is 1. The molecule has 0 saturated heterocycles. The molecule has 0 fully saturated rings. The van der Waals surface area contributed by atoms with Crippen LogP contribution in [-0.4, -0.2) is 15.2 Å². The van der Waals surface area contributed by atoms with E-state index in [2.05, 4.69) is 10.3 Å². The normalized spacial score (nSPS) is 12.6. The fraction of sp³-hybridized carbons (Fsp3) is 0.308. The lowest BCUT2D eigenvalue weighted by Crippen LogP contribution is -2.17. The van der Waals surface area contributed by atoms with Gasteiger partial charge in [0.15, 0.2) is 0 Å². The Labute approximate surface area is 110 Å². The molecule has 1 heterocycles. The van der Waals surface area contributed by atoms with Gasteiger partial charge in [-0.3, -0.25) is 0 Å². The average Bonchev–Trinajstić information content (AvgIpc) is 2.72. The van der Waals surface area contributed by atoms with Gasteiger partial charge in [0.1, 0.15) is 11.5 Å². The van der Waals surface area contributed by atoms with E-state index in [1.165, 1.54) is 0 Å². The second-order valence-corrected chi connectivity index (χ2v) is 5.48. The number of hydrogen-bond donors (Lipinski definition) is 3. The maximum absolute atomic E-state index is 9.75. The Hall–Kier alpha value is -1.59. The third-order valence-electron chi connectivity index (χ3n) is 2.74. The van der Waals surface area contributed by atoms with Crippen molar-refractivity contribution in [3.8, 4) is 11.5 Å². The summed E-state index contributed by atoms with van der Waals surface area (Å²) in [6, 6.07) is 4.63. The summed E-state index contributed by atoms with van der Waals surface area (Å²) >= 11 is 1.63. The zero-order chi connectivity index (χ0) is 13.1. The predicted molar refractivity (Wildman–Crippen MR) is 71.9 cm³/mol. The molecule has 1 unspecified atom stereocenters. The monoisotopic (exact) mass is 264 g/mol. The molecular weight excluding hydrogens is 248 g/mol. The Bertz CT molecular complexity index is 519. The molecule has 1 aromatic carbocycles. The number of aryl methyl sites for hydroxylation is 1. The molecule has 1 aromatic heterocycles. The number of hydrogen-bond acceptors (Lipinski definition) is 5. The number of thiazole rings is 1. The summed E-state index contributed by atoms with van der Waals surface area (Å²) in [5.41, 5.74) is 0.527. The predicted octanol–water partition coefficient (Wildman–Crippen LogP) is 2.71. The van der Waals surface area contributed by atoms with Crippen LogP contribution in [0.25, 0.3) is 0 Å². The van der Waals surface area contributed by atoms with Crippen molar-refractivity contribution in [2.45, 2.75) is 26.4 Å². The highest BCUT2D eigenvalue weighted by atomic mass is 32.1. The van der Waals surface area contributed by atoms with E-state index in [4.69, 9.17) is 0 Å². The van der Waals surface area contributed by atoms with Crippen molar-refractivity contribution >= 4 is 11.3 Å². The first-order valence-electron chi connectivity index (χ1n) is 5.73. The van der Waals surface area contributed by atoms with Crippen LogP contribution in [0.15, 0.2) is 24.4 Å². The van der Waals surface area contributed by atoms with E-state index in [0.717, 1.165) is 9.88 Å². The minimum absolute atomic E-state index is 0.107. The highest BCUT2D eigenvalue weighted by Crippen LogP contribution is 2.32. The van der Waals surface area contributed by atoms with Crippen molar-refractivity contribution < 1.29 is 10.2 Å². The highest BCUT2D eigenvalue weighted by molar-refractivity contribution is 7.11. The summed E-state index contributed by atoms with van der Waals surface area (Å²) in [4.78, 5) is 5.32. The zero-order valence-electron chi connectivity index (χ0n) is 10.3. The first kappa shape index (κ1) is 12.9. The molecule has 5 heteroatoms. The maximum Gasteiger partial charge on any atom is 0.124 e. The third kappa shape index (κ3) is 2.80. The summed E-state index contributed by atoms with van der Waals surface area (Å²) in [6.45, 7) is 4.54. The highest BCUT2D eigenvalue weighted by Gasteiger charge is 2.14. The fourth-order valence-corrected chi connectivity index (χ4v) is 2.57. The molecule has 18 heavy (non-hydrogen) atoms. The van der Waals surface area contributed by atoms with Gasteiger partial charge in [0.05, 0.1) is 10.6 Å². The Morgan fingerprint density at radius 3 is 2.56 bits per heavy atom. The van der Waals surface area contributed by atoms with Crippen LogP contribution in [0.3, 0.4) is 0 Å². The molecule has 0 aliphatic rings.